The first-order valence-electron chi connectivity index (χ1n) is 7.59. The third-order valence-corrected chi connectivity index (χ3v) is 6.16. The molecule has 19 heavy (non-hydrogen) atoms. The lowest BCUT2D eigenvalue weighted by Crippen LogP contribution is -2.45. The van der Waals surface area contributed by atoms with Crippen LogP contribution in [0.1, 0.15) is 33.1 Å². The largest absolute Gasteiger partial charge is 0.294 e. The monoisotopic (exact) mass is 256 g/mol. The van der Waals surface area contributed by atoms with Gasteiger partial charge in [-0.1, -0.05) is 25.0 Å². The fraction of sp³-hybridized carbons (Fsp3) is 0.647. The average Bonchev–Trinajstić information content (AvgIpc) is 2.99. The molecule has 0 aromatic carbocycles. The minimum atomic E-state index is -0.0781. The summed E-state index contributed by atoms with van der Waals surface area (Å²) in [5, 5.41) is 0. The SMILES string of the molecule is C[C@@H]1C2=C([C@H]3CC[C@H]2C3)[C@H](C)[C@@H]2C(=O)C=CC(=O)[C@@H]21. The van der Waals surface area contributed by atoms with Crippen molar-refractivity contribution >= 4 is 11.6 Å². The van der Waals surface area contributed by atoms with Crippen LogP contribution >= 0.6 is 0 Å². The Hall–Kier alpha value is -1.18. The van der Waals surface area contributed by atoms with Crippen LogP contribution in [0.25, 0.3) is 0 Å². The van der Waals surface area contributed by atoms with Gasteiger partial charge >= 0.3 is 0 Å². The number of rotatable bonds is 0. The first-order valence-corrected chi connectivity index (χ1v) is 7.59. The summed E-state index contributed by atoms with van der Waals surface area (Å²) >= 11 is 0. The lowest BCUT2D eigenvalue weighted by Gasteiger charge is -2.44. The van der Waals surface area contributed by atoms with Crippen LogP contribution in [-0.4, -0.2) is 11.6 Å². The van der Waals surface area contributed by atoms with Gasteiger partial charge < -0.3 is 0 Å². The summed E-state index contributed by atoms with van der Waals surface area (Å²) in [6, 6.07) is 0. The molecule has 0 heterocycles. The van der Waals surface area contributed by atoms with Crippen LogP contribution in [0.2, 0.25) is 0 Å². The molecule has 0 saturated heterocycles. The second-order valence-corrected chi connectivity index (χ2v) is 6.88. The highest BCUT2D eigenvalue weighted by molar-refractivity contribution is 6.08. The lowest BCUT2D eigenvalue weighted by atomic mass is 9.58. The van der Waals surface area contributed by atoms with Gasteiger partial charge in [0, 0.05) is 11.8 Å². The molecule has 0 N–H and O–H groups in total. The molecule has 1 fully saturated rings. The third kappa shape index (κ3) is 1.32. The van der Waals surface area contributed by atoms with Crippen LogP contribution < -0.4 is 0 Å². The highest BCUT2D eigenvalue weighted by Crippen LogP contribution is 2.60. The van der Waals surface area contributed by atoms with Crippen molar-refractivity contribution in [1.29, 1.82) is 0 Å². The van der Waals surface area contributed by atoms with E-state index in [1.165, 1.54) is 31.4 Å². The summed E-state index contributed by atoms with van der Waals surface area (Å²) in [4.78, 5) is 24.5. The van der Waals surface area contributed by atoms with Crippen molar-refractivity contribution in [2.45, 2.75) is 33.1 Å². The first kappa shape index (κ1) is 11.6. The van der Waals surface area contributed by atoms with Crippen molar-refractivity contribution in [3.05, 3.63) is 23.3 Å². The molecule has 4 aliphatic rings. The number of allylic oxidation sites excluding steroid dienone is 4. The van der Waals surface area contributed by atoms with Gasteiger partial charge in [0.25, 0.3) is 0 Å². The van der Waals surface area contributed by atoms with E-state index < -0.39 is 0 Å². The summed E-state index contributed by atoms with van der Waals surface area (Å²) in [6.45, 7) is 4.37. The average molecular weight is 256 g/mol. The van der Waals surface area contributed by atoms with Crippen molar-refractivity contribution in [2.24, 2.45) is 35.5 Å². The van der Waals surface area contributed by atoms with Crippen molar-refractivity contribution < 1.29 is 9.59 Å². The smallest absolute Gasteiger partial charge is 0.160 e. The molecule has 100 valence electrons. The predicted molar refractivity (Wildman–Crippen MR) is 72.3 cm³/mol. The van der Waals surface area contributed by atoms with E-state index in [0.29, 0.717) is 11.8 Å². The fourth-order valence-electron chi connectivity index (χ4n) is 5.53. The molecule has 2 bridgehead atoms. The van der Waals surface area contributed by atoms with Gasteiger partial charge in [-0.15, -0.1) is 0 Å². The van der Waals surface area contributed by atoms with E-state index in [-0.39, 0.29) is 35.2 Å². The number of carbonyl (C=O) groups is 2. The zero-order valence-electron chi connectivity index (χ0n) is 11.6. The number of carbonyl (C=O) groups excluding carboxylic acids is 2. The standard InChI is InChI=1S/C17H20O2/c1-8-14-10-3-4-11(7-10)15(14)9(2)17-13(19)6-5-12(18)16(8)17/h5-6,8-11,16-17H,3-4,7H2,1-2H3/t8-,9+,10-,11-,16+,17-/m0/s1. The Morgan fingerprint density at radius 1 is 0.842 bits per heavy atom. The molecule has 0 aromatic rings. The Morgan fingerprint density at radius 2 is 1.26 bits per heavy atom. The molecule has 0 amide bonds. The van der Waals surface area contributed by atoms with Crippen molar-refractivity contribution in [1.82, 2.24) is 0 Å². The molecule has 2 nitrogen and oxygen atoms in total. The minimum absolute atomic E-state index is 0.0781. The third-order valence-electron chi connectivity index (χ3n) is 6.16. The number of ketones is 2. The lowest BCUT2D eigenvalue weighted by molar-refractivity contribution is -0.132. The molecule has 4 aliphatic carbocycles. The van der Waals surface area contributed by atoms with Crippen LogP contribution in [0.3, 0.4) is 0 Å². The normalized spacial score (nSPS) is 47.7. The van der Waals surface area contributed by atoms with Crippen LogP contribution in [-0.2, 0) is 9.59 Å². The molecule has 6 atom stereocenters. The van der Waals surface area contributed by atoms with Crippen molar-refractivity contribution in [3.8, 4) is 0 Å². The van der Waals surface area contributed by atoms with Gasteiger partial charge in [-0.25, -0.2) is 0 Å². The molecular formula is C17H20O2. The minimum Gasteiger partial charge on any atom is -0.294 e. The summed E-state index contributed by atoms with van der Waals surface area (Å²) in [6.07, 6.45) is 6.93. The van der Waals surface area contributed by atoms with Crippen LogP contribution in [0.4, 0.5) is 0 Å². The van der Waals surface area contributed by atoms with E-state index in [2.05, 4.69) is 13.8 Å². The van der Waals surface area contributed by atoms with Gasteiger partial charge in [-0.2, -0.15) is 0 Å². The molecular weight excluding hydrogens is 236 g/mol. The Bertz CT molecular complexity index is 493. The van der Waals surface area contributed by atoms with Gasteiger partial charge in [0.1, 0.15) is 0 Å². The summed E-state index contributed by atoms with van der Waals surface area (Å²) in [5.41, 5.74) is 3.14. The van der Waals surface area contributed by atoms with Crippen molar-refractivity contribution in [2.75, 3.05) is 0 Å². The van der Waals surface area contributed by atoms with Gasteiger partial charge in [0.05, 0.1) is 0 Å². The maximum absolute atomic E-state index is 12.3. The Labute approximate surface area is 113 Å². The van der Waals surface area contributed by atoms with Crippen LogP contribution in [0, 0.1) is 35.5 Å². The molecule has 2 heteroatoms. The first-order chi connectivity index (χ1) is 9.09. The molecule has 4 rings (SSSR count). The Kier molecular flexibility index (Phi) is 2.25. The topological polar surface area (TPSA) is 34.1 Å². The molecule has 1 saturated carbocycles. The summed E-state index contributed by atoms with van der Waals surface area (Å²) < 4.78 is 0. The Morgan fingerprint density at radius 3 is 1.68 bits per heavy atom. The molecule has 0 spiro atoms. The van der Waals surface area contributed by atoms with Gasteiger partial charge in [-0.3, -0.25) is 9.59 Å². The van der Waals surface area contributed by atoms with Crippen LogP contribution in [0.15, 0.2) is 23.3 Å². The molecule has 0 aliphatic heterocycles. The maximum atomic E-state index is 12.3. The molecule has 0 unspecified atom stereocenters. The zero-order valence-corrected chi connectivity index (χ0v) is 11.6. The number of hydrogen-bond acceptors (Lipinski definition) is 2. The van der Waals surface area contributed by atoms with Gasteiger partial charge in [0.2, 0.25) is 0 Å². The second kappa shape index (κ2) is 3.68. The molecule has 0 aromatic heterocycles. The summed E-state index contributed by atoms with van der Waals surface area (Å²) in [5.74, 6) is 2.20. The number of hydrogen-bond donors (Lipinski definition) is 0. The quantitative estimate of drug-likeness (QED) is 0.624. The second-order valence-electron chi connectivity index (χ2n) is 6.88. The van der Waals surface area contributed by atoms with E-state index >= 15 is 0 Å². The zero-order chi connectivity index (χ0) is 13.3. The highest BCUT2D eigenvalue weighted by atomic mass is 16.1. The maximum Gasteiger partial charge on any atom is 0.160 e. The fourth-order valence-corrected chi connectivity index (χ4v) is 5.53. The van der Waals surface area contributed by atoms with Gasteiger partial charge in [-0.05, 0) is 55.1 Å². The van der Waals surface area contributed by atoms with E-state index in [1.54, 1.807) is 11.1 Å². The van der Waals surface area contributed by atoms with E-state index in [9.17, 15) is 9.59 Å². The molecule has 0 radical (unpaired) electrons. The van der Waals surface area contributed by atoms with Crippen molar-refractivity contribution in [3.63, 3.8) is 0 Å². The predicted octanol–water partition coefficient (Wildman–Crippen LogP) is 2.94. The van der Waals surface area contributed by atoms with E-state index in [1.807, 2.05) is 0 Å². The van der Waals surface area contributed by atoms with Crippen LogP contribution in [0.5, 0.6) is 0 Å². The summed E-state index contributed by atoms with van der Waals surface area (Å²) in [7, 11) is 0. The number of fused-ring (bicyclic) bond motifs is 5. The van der Waals surface area contributed by atoms with Gasteiger partial charge in [0.15, 0.2) is 11.6 Å². The van der Waals surface area contributed by atoms with E-state index in [0.717, 1.165) is 0 Å². The van der Waals surface area contributed by atoms with E-state index in [4.69, 9.17) is 0 Å². The Balaban J connectivity index is 1.86. The highest BCUT2D eigenvalue weighted by Gasteiger charge is 2.54.